The standard InChI is InChI=1S/C19H23NO4S/c1-5-24-19(21)16(4)20(18-14(2)10-9-11-15(18)3)25(22,23)17-12-7-6-8-13-17/h6-13,16H,5H2,1-4H3. The number of carbonyl (C=O) groups excluding carboxylic acids is 1. The van der Waals surface area contributed by atoms with Crippen LogP contribution < -0.4 is 4.31 Å². The van der Waals surface area contributed by atoms with Gasteiger partial charge < -0.3 is 4.74 Å². The largest absolute Gasteiger partial charge is 0.464 e. The molecule has 0 heterocycles. The molecule has 0 bridgehead atoms. The highest BCUT2D eigenvalue weighted by Crippen LogP contribution is 2.32. The first-order chi connectivity index (χ1) is 11.8. The van der Waals surface area contributed by atoms with Crippen LogP contribution in [0.15, 0.2) is 53.4 Å². The molecular weight excluding hydrogens is 338 g/mol. The molecule has 6 heteroatoms. The second-order valence-electron chi connectivity index (χ2n) is 5.78. The maximum absolute atomic E-state index is 13.3. The minimum Gasteiger partial charge on any atom is -0.464 e. The number of ether oxygens (including phenoxy) is 1. The Balaban J connectivity index is 2.67. The highest BCUT2D eigenvalue weighted by Gasteiger charge is 2.35. The van der Waals surface area contributed by atoms with Gasteiger partial charge in [-0.2, -0.15) is 0 Å². The Morgan fingerprint density at radius 3 is 2.12 bits per heavy atom. The van der Waals surface area contributed by atoms with E-state index in [1.165, 1.54) is 16.4 Å². The van der Waals surface area contributed by atoms with Gasteiger partial charge in [-0.25, -0.2) is 13.2 Å². The van der Waals surface area contributed by atoms with Crippen molar-refractivity contribution in [1.82, 2.24) is 0 Å². The predicted molar refractivity (Wildman–Crippen MR) is 98.1 cm³/mol. The van der Waals surface area contributed by atoms with Gasteiger partial charge in [-0.1, -0.05) is 36.4 Å². The molecule has 134 valence electrons. The summed E-state index contributed by atoms with van der Waals surface area (Å²) >= 11 is 0. The van der Waals surface area contributed by atoms with E-state index in [0.717, 1.165) is 11.1 Å². The van der Waals surface area contributed by atoms with Crippen LogP contribution in [0.2, 0.25) is 0 Å². The monoisotopic (exact) mass is 361 g/mol. The topological polar surface area (TPSA) is 63.7 Å². The lowest BCUT2D eigenvalue weighted by molar-refractivity contribution is -0.144. The van der Waals surface area contributed by atoms with Crippen LogP contribution in [0.4, 0.5) is 5.69 Å². The molecule has 2 rings (SSSR count). The number of hydrogen-bond acceptors (Lipinski definition) is 4. The molecule has 0 aromatic heterocycles. The lowest BCUT2D eigenvalue weighted by Gasteiger charge is -2.31. The average Bonchev–Trinajstić information content (AvgIpc) is 2.58. The predicted octanol–water partition coefficient (Wildman–Crippen LogP) is 3.45. The van der Waals surface area contributed by atoms with Gasteiger partial charge in [-0.05, 0) is 51.0 Å². The van der Waals surface area contributed by atoms with Crippen LogP contribution in [0.1, 0.15) is 25.0 Å². The molecule has 0 spiro atoms. The van der Waals surface area contributed by atoms with Crippen LogP contribution in [0.25, 0.3) is 0 Å². The van der Waals surface area contributed by atoms with Gasteiger partial charge in [0.15, 0.2) is 0 Å². The summed E-state index contributed by atoms with van der Waals surface area (Å²) < 4.78 is 32.9. The number of esters is 1. The summed E-state index contributed by atoms with van der Waals surface area (Å²) in [6.45, 7) is 7.08. The smallest absolute Gasteiger partial charge is 0.329 e. The van der Waals surface area contributed by atoms with Crippen molar-refractivity contribution in [1.29, 1.82) is 0 Å². The summed E-state index contributed by atoms with van der Waals surface area (Å²) in [5.74, 6) is -0.579. The van der Waals surface area contributed by atoms with Crippen LogP contribution in [0.5, 0.6) is 0 Å². The van der Waals surface area contributed by atoms with Crippen molar-refractivity contribution >= 4 is 21.7 Å². The van der Waals surface area contributed by atoms with Gasteiger partial charge in [0, 0.05) is 0 Å². The highest BCUT2D eigenvalue weighted by atomic mass is 32.2. The molecule has 0 radical (unpaired) electrons. The third-order valence-corrected chi connectivity index (χ3v) is 5.82. The Hall–Kier alpha value is -2.34. The Morgan fingerprint density at radius 2 is 1.60 bits per heavy atom. The van der Waals surface area contributed by atoms with Crippen LogP contribution >= 0.6 is 0 Å². The molecule has 1 unspecified atom stereocenters. The molecule has 0 aliphatic carbocycles. The van der Waals surface area contributed by atoms with Crippen molar-refractivity contribution in [3.63, 3.8) is 0 Å². The van der Waals surface area contributed by atoms with Gasteiger partial charge in [0.05, 0.1) is 17.2 Å². The summed E-state index contributed by atoms with van der Waals surface area (Å²) in [5.41, 5.74) is 2.05. The van der Waals surface area contributed by atoms with Gasteiger partial charge in [0.25, 0.3) is 10.0 Å². The van der Waals surface area contributed by atoms with Crippen LogP contribution in [0.3, 0.4) is 0 Å². The van der Waals surface area contributed by atoms with Gasteiger partial charge in [-0.3, -0.25) is 4.31 Å². The van der Waals surface area contributed by atoms with E-state index >= 15 is 0 Å². The van der Waals surface area contributed by atoms with E-state index in [4.69, 9.17) is 4.74 Å². The number of rotatable bonds is 6. The average molecular weight is 361 g/mol. The molecule has 5 nitrogen and oxygen atoms in total. The maximum atomic E-state index is 13.3. The van der Waals surface area contributed by atoms with Crippen molar-refractivity contribution in [2.45, 2.75) is 38.6 Å². The molecule has 0 amide bonds. The number of nitrogens with zero attached hydrogens (tertiary/aromatic N) is 1. The van der Waals surface area contributed by atoms with E-state index in [9.17, 15) is 13.2 Å². The maximum Gasteiger partial charge on any atom is 0.329 e. The normalized spacial score (nSPS) is 12.5. The number of sulfonamides is 1. The number of carbonyl (C=O) groups is 1. The second-order valence-corrected chi connectivity index (χ2v) is 7.60. The van der Waals surface area contributed by atoms with Gasteiger partial charge in [0.1, 0.15) is 6.04 Å². The molecule has 2 aromatic rings. The fourth-order valence-electron chi connectivity index (χ4n) is 2.74. The third kappa shape index (κ3) is 3.85. The van der Waals surface area contributed by atoms with E-state index in [-0.39, 0.29) is 11.5 Å². The molecule has 2 aromatic carbocycles. The number of para-hydroxylation sites is 1. The van der Waals surface area contributed by atoms with Crippen LogP contribution in [-0.2, 0) is 19.6 Å². The van der Waals surface area contributed by atoms with Gasteiger partial charge >= 0.3 is 5.97 Å². The van der Waals surface area contributed by atoms with E-state index in [0.29, 0.717) is 5.69 Å². The van der Waals surface area contributed by atoms with Crippen molar-refractivity contribution in [2.24, 2.45) is 0 Å². The second kappa shape index (κ2) is 7.70. The lowest BCUT2D eigenvalue weighted by Crippen LogP contribution is -2.45. The minimum absolute atomic E-state index is 0.133. The summed E-state index contributed by atoms with van der Waals surface area (Å²) in [5, 5.41) is 0. The quantitative estimate of drug-likeness (QED) is 0.739. The first kappa shape index (κ1) is 19.0. The lowest BCUT2D eigenvalue weighted by atomic mass is 10.1. The van der Waals surface area contributed by atoms with Crippen molar-refractivity contribution < 1.29 is 17.9 Å². The zero-order valence-corrected chi connectivity index (χ0v) is 15.7. The van der Waals surface area contributed by atoms with Crippen molar-refractivity contribution in [2.75, 3.05) is 10.9 Å². The minimum atomic E-state index is -3.93. The molecular formula is C19H23NO4S. The molecule has 1 atom stereocenters. The SMILES string of the molecule is CCOC(=O)C(C)N(c1c(C)cccc1C)S(=O)(=O)c1ccccc1. The van der Waals surface area contributed by atoms with Crippen molar-refractivity contribution in [3.8, 4) is 0 Å². The Labute approximate surface area is 149 Å². The van der Waals surface area contributed by atoms with E-state index < -0.39 is 22.0 Å². The fraction of sp³-hybridized carbons (Fsp3) is 0.316. The summed E-state index contributed by atoms with van der Waals surface area (Å²) in [4.78, 5) is 12.5. The summed E-state index contributed by atoms with van der Waals surface area (Å²) in [6.07, 6.45) is 0. The first-order valence-electron chi connectivity index (χ1n) is 8.13. The highest BCUT2D eigenvalue weighted by molar-refractivity contribution is 7.93. The molecule has 0 N–H and O–H groups in total. The van der Waals surface area contributed by atoms with Crippen molar-refractivity contribution in [3.05, 3.63) is 59.7 Å². The molecule has 0 aliphatic rings. The van der Waals surface area contributed by atoms with Gasteiger partial charge in [-0.15, -0.1) is 0 Å². The van der Waals surface area contributed by atoms with E-state index in [1.807, 2.05) is 32.0 Å². The number of anilines is 1. The summed E-state index contributed by atoms with van der Waals surface area (Å²) in [6, 6.07) is 12.6. The van der Waals surface area contributed by atoms with Crippen LogP contribution in [0, 0.1) is 13.8 Å². The summed E-state index contributed by atoms with van der Waals surface area (Å²) in [7, 11) is -3.93. The number of benzene rings is 2. The zero-order chi connectivity index (χ0) is 18.6. The molecule has 0 saturated heterocycles. The first-order valence-corrected chi connectivity index (χ1v) is 9.57. The van der Waals surface area contributed by atoms with E-state index in [2.05, 4.69) is 0 Å². The number of hydrogen-bond donors (Lipinski definition) is 0. The van der Waals surface area contributed by atoms with Crippen LogP contribution in [-0.4, -0.2) is 27.0 Å². The molecule has 0 aliphatic heterocycles. The zero-order valence-electron chi connectivity index (χ0n) is 14.9. The number of aryl methyl sites for hydroxylation is 2. The third-order valence-electron chi connectivity index (χ3n) is 3.94. The molecule has 25 heavy (non-hydrogen) atoms. The fourth-order valence-corrected chi connectivity index (χ4v) is 4.50. The van der Waals surface area contributed by atoms with E-state index in [1.54, 1.807) is 32.0 Å². The molecule has 0 saturated carbocycles. The Morgan fingerprint density at radius 1 is 1.04 bits per heavy atom. The van der Waals surface area contributed by atoms with Gasteiger partial charge in [0.2, 0.25) is 0 Å². The Kier molecular flexibility index (Phi) is 5.85. The molecule has 0 fully saturated rings. The Bertz CT molecular complexity index is 827.